The summed E-state index contributed by atoms with van der Waals surface area (Å²) in [4.78, 5) is 7.85. The fraction of sp³-hybridized carbons (Fsp3) is 0.357. The Morgan fingerprint density at radius 1 is 1.37 bits per heavy atom. The van der Waals surface area contributed by atoms with Gasteiger partial charge in [0.1, 0.15) is 21.9 Å². The molecular weight excluding hydrogens is 306 g/mol. The molecule has 5 heteroatoms. The second kappa shape index (κ2) is 5.75. The van der Waals surface area contributed by atoms with Crippen molar-refractivity contribution < 1.29 is 4.74 Å². The highest BCUT2D eigenvalue weighted by atomic mass is 79.9. The number of aromatic amines is 1. The molecule has 0 bridgehead atoms. The first-order valence-corrected chi connectivity index (χ1v) is 6.90. The maximum absolute atomic E-state index is 5.50. The van der Waals surface area contributed by atoms with Crippen molar-refractivity contribution in [3.8, 4) is 17.0 Å². The molecule has 0 saturated heterocycles. The van der Waals surface area contributed by atoms with Crippen LogP contribution in [-0.4, -0.2) is 24.1 Å². The molecule has 0 amide bonds. The summed E-state index contributed by atoms with van der Waals surface area (Å²) in [6.45, 7) is 4.83. The van der Waals surface area contributed by atoms with Gasteiger partial charge in [-0.15, -0.1) is 0 Å². The van der Waals surface area contributed by atoms with Gasteiger partial charge in [0, 0.05) is 5.56 Å². The Hall–Kier alpha value is -1.33. The van der Waals surface area contributed by atoms with Crippen molar-refractivity contribution in [3.05, 3.63) is 33.7 Å². The highest BCUT2D eigenvalue weighted by Crippen LogP contribution is 2.36. The van der Waals surface area contributed by atoms with E-state index in [0.29, 0.717) is 6.54 Å². The third kappa shape index (κ3) is 2.82. The van der Waals surface area contributed by atoms with Gasteiger partial charge in [-0.3, -0.25) is 0 Å². The lowest BCUT2D eigenvalue weighted by Crippen LogP contribution is -2.06. The number of aryl methyl sites for hydroxylation is 2. The lowest BCUT2D eigenvalue weighted by Gasteiger charge is -2.11. The number of H-pyrrole nitrogens is 1. The van der Waals surface area contributed by atoms with Gasteiger partial charge in [0.25, 0.3) is 0 Å². The summed E-state index contributed by atoms with van der Waals surface area (Å²) in [5, 5.41) is 3.08. The van der Waals surface area contributed by atoms with Gasteiger partial charge < -0.3 is 15.0 Å². The first kappa shape index (κ1) is 14.1. The van der Waals surface area contributed by atoms with Crippen LogP contribution < -0.4 is 10.1 Å². The van der Waals surface area contributed by atoms with E-state index in [9.17, 15) is 0 Å². The minimum absolute atomic E-state index is 0.700. The topological polar surface area (TPSA) is 49.9 Å². The maximum atomic E-state index is 5.50. The van der Waals surface area contributed by atoms with Crippen molar-refractivity contribution >= 4 is 15.9 Å². The molecule has 1 heterocycles. The summed E-state index contributed by atoms with van der Waals surface area (Å²) in [5.41, 5.74) is 4.25. The number of nitrogens with one attached hydrogen (secondary N) is 2. The summed E-state index contributed by atoms with van der Waals surface area (Å²) in [7, 11) is 3.58. The second-order valence-electron chi connectivity index (χ2n) is 4.54. The van der Waals surface area contributed by atoms with E-state index in [1.807, 2.05) is 13.1 Å². The first-order chi connectivity index (χ1) is 9.06. The predicted octanol–water partition coefficient (Wildman–Crippen LogP) is 3.18. The van der Waals surface area contributed by atoms with Crippen molar-refractivity contribution in [2.45, 2.75) is 20.4 Å². The predicted molar refractivity (Wildman–Crippen MR) is 80.5 cm³/mol. The van der Waals surface area contributed by atoms with Gasteiger partial charge in [0.15, 0.2) is 0 Å². The summed E-state index contributed by atoms with van der Waals surface area (Å²) < 4.78 is 6.37. The normalized spacial score (nSPS) is 10.8. The zero-order valence-corrected chi connectivity index (χ0v) is 13.2. The van der Waals surface area contributed by atoms with Gasteiger partial charge in [0.2, 0.25) is 0 Å². The monoisotopic (exact) mass is 323 g/mol. The number of hydrogen-bond donors (Lipinski definition) is 2. The number of hydrogen-bond acceptors (Lipinski definition) is 3. The largest absolute Gasteiger partial charge is 0.496 e. The Labute approximate surface area is 121 Å². The van der Waals surface area contributed by atoms with Crippen molar-refractivity contribution in [3.63, 3.8) is 0 Å². The van der Waals surface area contributed by atoms with Crippen LogP contribution in [0.25, 0.3) is 11.3 Å². The zero-order valence-electron chi connectivity index (χ0n) is 11.6. The van der Waals surface area contributed by atoms with E-state index in [0.717, 1.165) is 33.0 Å². The molecule has 0 radical (unpaired) electrons. The number of nitrogens with zero attached hydrogens (tertiary/aromatic N) is 1. The second-order valence-corrected chi connectivity index (χ2v) is 5.33. The Bertz CT molecular complexity index is 593. The summed E-state index contributed by atoms with van der Waals surface area (Å²) in [6, 6.07) is 4.16. The van der Waals surface area contributed by atoms with Crippen LogP contribution in [0, 0.1) is 13.8 Å². The molecular formula is C14H18BrN3O. The van der Waals surface area contributed by atoms with E-state index in [2.05, 4.69) is 51.1 Å². The van der Waals surface area contributed by atoms with Crippen LogP contribution in [0.1, 0.15) is 17.0 Å². The van der Waals surface area contributed by atoms with Crippen LogP contribution in [0.2, 0.25) is 0 Å². The average Bonchev–Trinajstić information content (AvgIpc) is 2.69. The molecule has 1 aromatic carbocycles. The van der Waals surface area contributed by atoms with E-state index < -0.39 is 0 Å². The number of benzene rings is 1. The van der Waals surface area contributed by atoms with Crippen molar-refractivity contribution in [2.24, 2.45) is 0 Å². The Kier molecular flexibility index (Phi) is 4.27. The Morgan fingerprint density at radius 3 is 2.74 bits per heavy atom. The molecule has 0 atom stereocenters. The van der Waals surface area contributed by atoms with Crippen molar-refractivity contribution in [2.75, 3.05) is 14.2 Å². The summed E-state index contributed by atoms with van der Waals surface area (Å²) in [6.07, 6.45) is 0. The standard InChI is InChI=1S/C14H18BrN3O/c1-8-5-9(2)12(10(6-8)19-4)13-14(15)18-11(17-13)7-16-3/h5-6,16H,7H2,1-4H3,(H,17,18). The van der Waals surface area contributed by atoms with Gasteiger partial charge in [-0.2, -0.15) is 0 Å². The van der Waals surface area contributed by atoms with Crippen molar-refractivity contribution in [1.29, 1.82) is 0 Å². The molecule has 2 N–H and O–H groups in total. The van der Waals surface area contributed by atoms with Crippen LogP contribution in [-0.2, 0) is 6.54 Å². The van der Waals surface area contributed by atoms with Crippen LogP contribution in [0.5, 0.6) is 5.75 Å². The van der Waals surface area contributed by atoms with E-state index in [1.165, 1.54) is 5.56 Å². The van der Waals surface area contributed by atoms with Gasteiger partial charge in [-0.1, -0.05) is 6.07 Å². The molecule has 0 aliphatic rings. The quantitative estimate of drug-likeness (QED) is 0.908. The number of imidazole rings is 1. The van der Waals surface area contributed by atoms with Gasteiger partial charge in [0.05, 0.1) is 13.7 Å². The van der Waals surface area contributed by atoms with E-state index in [1.54, 1.807) is 7.11 Å². The zero-order chi connectivity index (χ0) is 14.0. The Balaban J connectivity index is 2.58. The number of methoxy groups -OCH3 is 1. The molecule has 4 nitrogen and oxygen atoms in total. The van der Waals surface area contributed by atoms with Gasteiger partial charge in [-0.25, -0.2) is 4.98 Å². The first-order valence-electron chi connectivity index (χ1n) is 6.11. The van der Waals surface area contributed by atoms with E-state index >= 15 is 0 Å². The number of rotatable bonds is 4. The minimum atomic E-state index is 0.700. The summed E-state index contributed by atoms with van der Waals surface area (Å²) >= 11 is 3.54. The SMILES string of the molecule is CNCc1nc(-c2c(C)cc(C)cc2OC)c(Br)[nH]1. The molecule has 102 valence electrons. The smallest absolute Gasteiger partial charge is 0.128 e. The molecule has 2 aromatic rings. The molecule has 0 saturated carbocycles. The van der Waals surface area contributed by atoms with Crippen LogP contribution in [0.3, 0.4) is 0 Å². The third-order valence-corrected chi connectivity index (χ3v) is 3.53. The van der Waals surface area contributed by atoms with Gasteiger partial charge in [-0.05, 0) is 54.0 Å². The lowest BCUT2D eigenvalue weighted by molar-refractivity contribution is 0.415. The Morgan fingerprint density at radius 2 is 2.11 bits per heavy atom. The lowest BCUT2D eigenvalue weighted by atomic mass is 10.0. The molecule has 0 aliphatic carbocycles. The molecule has 1 aromatic heterocycles. The highest BCUT2D eigenvalue weighted by Gasteiger charge is 2.17. The molecule has 0 spiro atoms. The van der Waals surface area contributed by atoms with E-state index in [4.69, 9.17) is 4.74 Å². The number of halogens is 1. The van der Waals surface area contributed by atoms with Crippen LogP contribution in [0.4, 0.5) is 0 Å². The third-order valence-electron chi connectivity index (χ3n) is 2.95. The molecule has 19 heavy (non-hydrogen) atoms. The molecule has 2 rings (SSSR count). The van der Waals surface area contributed by atoms with E-state index in [-0.39, 0.29) is 0 Å². The minimum Gasteiger partial charge on any atom is -0.496 e. The van der Waals surface area contributed by atoms with Crippen LogP contribution in [0.15, 0.2) is 16.7 Å². The average molecular weight is 324 g/mol. The molecule has 0 unspecified atom stereocenters. The highest BCUT2D eigenvalue weighted by molar-refractivity contribution is 9.10. The fourth-order valence-electron chi connectivity index (χ4n) is 2.21. The van der Waals surface area contributed by atoms with Gasteiger partial charge >= 0.3 is 0 Å². The summed E-state index contributed by atoms with van der Waals surface area (Å²) in [5.74, 6) is 1.74. The fourth-order valence-corrected chi connectivity index (χ4v) is 2.72. The maximum Gasteiger partial charge on any atom is 0.128 e. The van der Waals surface area contributed by atoms with Crippen molar-refractivity contribution in [1.82, 2.24) is 15.3 Å². The number of aromatic nitrogens is 2. The molecule has 0 aliphatic heterocycles. The van der Waals surface area contributed by atoms with Crippen LogP contribution >= 0.6 is 15.9 Å². The molecule has 0 fully saturated rings. The number of ether oxygens (including phenoxy) is 1.